The van der Waals surface area contributed by atoms with Gasteiger partial charge in [-0.25, -0.2) is 4.79 Å². The molecule has 3 aromatic carbocycles. The minimum atomic E-state index is -0.0461. The molecular formula is C29H34N4O3. The Kier molecular flexibility index (Phi) is 7.79. The van der Waals surface area contributed by atoms with Gasteiger partial charge in [0.15, 0.2) is 0 Å². The molecule has 1 atom stereocenters. The Morgan fingerprint density at radius 3 is 2.50 bits per heavy atom. The molecule has 2 aliphatic heterocycles. The minimum Gasteiger partial charge on any atom is -0.373 e. The van der Waals surface area contributed by atoms with Crippen molar-refractivity contribution in [3.05, 3.63) is 83.9 Å². The second kappa shape index (κ2) is 11.5. The van der Waals surface area contributed by atoms with Gasteiger partial charge >= 0.3 is 6.03 Å². The maximum absolute atomic E-state index is 13.2. The first-order valence-electron chi connectivity index (χ1n) is 12.8. The maximum Gasteiger partial charge on any atom is 0.317 e. The average Bonchev–Trinajstić information content (AvgIpc) is 3.17. The van der Waals surface area contributed by atoms with E-state index in [1.54, 1.807) is 0 Å². The summed E-state index contributed by atoms with van der Waals surface area (Å²) < 4.78 is 6.01. The third kappa shape index (κ3) is 6.04. The van der Waals surface area contributed by atoms with E-state index in [2.05, 4.69) is 16.3 Å². The highest BCUT2D eigenvalue weighted by molar-refractivity contribution is 5.98. The molecule has 2 fully saturated rings. The average molecular weight is 487 g/mol. The number of benzene rings is 3. The molecule has 0 bridgehead atoms. The van der Waals surface area contributed by atoms with E-state index in [-0.39, 0.29) is 18.0 Å². The molecule has 2 aliphatic rings. The summed E-state index contributed by atoms with van der Waals surface area (Å²) in [5.74, 6) is 0.0952. The van der Waals surface area contributed by atoms with Gasteiger partial charge in [-0.1, -0.05) is 60.7 Å². The molecule has 1 N–H and O–H groups in total. The van der Waals surface area contributed by atoms with E-state index in [1.165, 1.54) is 0 Å². The number of morpholine rings is 1. The first-order valence-corrected chi connectivity index (χ1v) is 12.8. The molecule has 2 saturated heterocycles. The smallest absolute Gasteiger partial charge is 0.317 e. The van der Waals surface area contributed by atoms with Crippen molar-refractivity contribution >= 4 is 22.7 Å². The van der Waals surface area contributed by atoms with E-state index in [9.17, 15) is 9.59 Å². The van der Waals surface area contributed by atoms with Gasteiger partial charge in [0.1, 0.15) is 0 Å². The fourth-order valence-corrected chi connectivity index (χ4v) is 5.05. The summed E-state index contributed by atoms with van der Waals surface area (Å²) in [5, 5.41) is 5.26. The van der Waals surface area contributed by atoms with Gasteiger partial charge < -0.3 is 19.9 Å². The standard InChI is InChI=1S/C29H34N4O3/c34-28(26-12-11-24-9-4-5-10-25(24)19-26)32-14-6-13-31(15-16-32)21-27-22-33(17-18-36-27)29(35)30-20-23-7-2-1-3-8-23/h1-5,7-12,19,27H,6,13-18,20-22H2,(H,30,35)/t27-/m1/s1. The van der Waals surface area contributed by atoms with E-state index < -0.39 is 0 Å². The van der Waals surface area contributed by atoms with E-state index in [0.29, 0.717) is 32.8 Å². The van der Waals surface area contributed by atoms with Gasteiger partial charge in [-0.05, 0) is 41.4 Å². The summed E-state index contributed by atoms with van der Waals surface area (Å²) in [6.07, 6.45) is 0.900. The third-order valence-corrected chi connectivity index (χ3v) is 7.05. The second-order valence-electron chi connectivity index (χ2n) is 9.59. The zero-order valence-electron chi connectivity index (χ0n) is 20.6. The lowest BCUT2D eigenvalue weighted by molar-refractivity contribution is -0.0299. The highest BCUT2D eigenvalue weighted by Crippen LogP contribution is 2.18. The van der Waals surface area contributed by atoms with Crippen molar-refractivity contribution in [3.63, 3.8) is 0 Å². The summed E-state index contributed by atoms with van der Waals surface area (Å²) >= 11 is 0. The molecule has 188 valence electrons. The summed E-state index contributed by atoms with van der Waals surface area (Å²) in [6.45, 7) is 6.18. The topological polar surface area (TPSA) is 65.1 Å². The Labute approximate surface area is 212 Å². The molecule has 0 aliphatic carbocycles. The van der Waals surface area contributed by atoms with Crippen LogP contribution in [0, 0.1) is 0 Å². The van der Waals surface area contributed by atoms with Crippen molar-refractivity contribution < 1.29 is 14.3 Å². The fraction of sp³-hybridized carbons (Fsp3) is 0.379. The fourth-order valence-electron chi connectivity index (χ4n) is 5.05. The zero-order chi connectivity index (χ0) is 24.7. The molecule has 7 heteroatoms. The van der Waals surface area contributed by atoms with Gasteiger partial charge in [-0.3, -0.25) is 9.69 Å². The molecule has 36 heavy (non-hydrogen) atoms. The highest BCUT2D eigenvalue weighted by Gasteiger charge is 2.27. The number of rotatable bonds is 5. The first kappa shape index (κ1) is 24.3. The van der Waals surface area contributed by atoms with Crippen molar-refractivity contribution in [2.24, 2.45) is 0 Å². The molecule has 0 spiro atoms. The van der Waals surface area contributed by atoms with Crippen molar-refractivity contribution in [3.8, 4) is 0 Å². The van der Waals surface area contributed by atoms with E-state index in [0.717, 1.165) is 54.5 Å². The molecule has 0 saturated carbocycles. The number of carbonyl (C=O) groups is 2. The van der Waals surface area contributed by atoms with Gasteiger partial charge in [0.05, 0.1) is 12.7 Å². The highest BCUT2D eigenvalue weighted by atomic mass is 16.5. The molecule has 0 aromatic heterocycles. The van der Waals surface area contributed by atoms with Crippen molar-refractivity contribution in [1.82, 2.24) is 20.0 Å². The normalized spacial score (nSPS) is 19.2. The maximum atomic E-state index is 13.2. The van der Waals surface area contributed by atoms with Gasteiger partial charge in [0.25, 0.3) is 5.91 Å². The molecular weight excluding hydrogens is 452 g/mol. The molecule has 5 rings (SSSR count). The van der Waals surface area contributed by atoms with E-state index in [4.69, 9.17) is 4.74 Å². The molecule has 7 nitrogen and oxygen atoms in total. The summed E-state index contributed by atoms with van der Waals surface area (Å²) in [7, 11) is 0. The number of fused-ring (bicyclic) bond motifs is 1. The van der Waals surface area contributed by atoms with Gasteiger partial charge in [-0.2, -0.15) is 0 Å². The number of hydrogen-bond acceptors (Lipinski definition) is 4. The second-order valence-corrected chi connectivity index (χ2v) is 9.59. The molecule has 3 amide bonds. The summed E-state index contributed by atoms with van der Waals surface area (Å²) in [4.78, 5) is 32.1. The monoisotopic (exact) mass is 486 g/mol. The number of hydrogen-bond donors (Lipinski definition) is 1. The summed E-state index contributed by atoms with van der Waals surface area (Å²) in [6, 6.07) is 24.0. The molecule has 0 radical (unpaired) electrons. The Balaban J connectivity index is 1.11. The van der Waals surface area contributed by atoms with Crippen molar-refractivity contribution in [2.45, 2.75) is 19.1 Å². The Bertz CT molecular complexity index is 1190. The minimum absolute atomic E-state index is 0.0241. The number of nitrogens with one attached hydrogen (secondary N) is 1. The third-order valence-electron chi connectivity index (χ3n) is 7.05. The summed E-state index contributed by atoms with van der Waals surface area (Å²) in [5.41, 5.74) is 1.83. The van der Waals surface area contributed by atoms with Gasteiger partial charge in [-0.15, -0.1) is 0 Å². The van der Waals surface area contributed by atoms with Crippen LogP contribution >= 0.6 is 0 Å². The Morgan fingerprint density at radius 2 is 1.64 bits per heavy atom. The number of amides is 3. The van der Waals surface area contributed by atoms with Crippen LogP contribution in [0.15, 0.2) is 72.8 Å². The van der Waals surface area contributed by atoms with Crippen LogP contribution in [0.1, 0.15) is 22.3 Å². The predicted octanol–water partition coefficient (Wildman–Crippen LogP) is 3.60. The van der Waals surface area contributed by atoms with Crippen LogP contribution in [-0.2, 0) is 11.3 Å². The lowest BCUT2D eigenvalue weighted by atomic mass is 10.1. The van der Waals surface area contributed by atoms with Crippen LogP contribution in [-0.4, -0.2) is 85.2 Å². The van der Waals surface area contributed by atoms with E-state index >= 15 is 0 Å². The number of ether oxygens (including phenoxy) is 1. The molecule has 0 unspecified atom stereocenters. The molecule has 2 heterocycles. The van der Waals surface area contributed by atoms with Crippen molar-refractivity contribution in [2.75, 3.05) is 52.4 Å². The quantitative estimate of drug-likeness (QED) is 0.599. The van der Waals surface area contributed by atoms with Crippen LogP contribution in [0.2, 0.25) is 0 Å². The van der Waals surface area contributed by atoms with Gasteiger partial charge in [0.2, 0.25) is 0 Å². The Hall–Kier alpha value is -3.42. The number of urea groups is 1. The lowest BCUT2D eigenvalue weighted by Gasteiger charge is -2.35. The SMILES string of the molecule is O=C(NCc1ccccc1)N1CCO[C@H](CN2CCCN(C(=O)c3ccc4ccccc4c3)CC2)C1. The van der Waals surface area contributed by atoms with Gasteiger partial charge in [0, 0.05) is 51.4 Å². The Morgan fingerprint density at radius 1 is 0.833 bits per heavy atom. The van der Waals surface area contributed by atoms with Crippen LogP contribution in [0.5, 0.6) is 0 Å². The number of carbonyl (C=O) groups excluding carboxylic acids is 2. The zero-order valence-corrected chi connectivity index (χ0v) is 20.6. The van der Waals surface area contributed by atoms with Crippen molar-refractivity contribution in [1.29, 1.82) is 0 Å². The lowest BCUT2D eigenvalue weighted by Crippen LogP contribution is -2.52. The molecule has 3 aromatic rings. The van der Waals surface area contributed by atoms with Crippen LogP contribution < -0.4 is 5.32 Å². The first-order chi connectivity index (χ1) is 17.7. The van der Waals surface area contributed by atoms with Crippen LogP contribution in [0.25, 0.3) is 10.8 Å². The largest absolute Gasteiger partial charge is 0.373 e. The van der Waals surface area contributed by atoms with Crippen LogP contribution in [0.3, 0.4) is 0 Å². The predicted molar refractivity (Wildman–Crippen MR) is 141 cm³/mol. The van der Waals surface area contributed by atoms with Crippen LogP contribution in [0.4, 0.5) is 4.79 Å². The van der Waals surface area contributed by atoms with E-state index in [1.807, 2.05) is 76.5 Å². The number of nitrogens with zero attached hydrogens (tertiary/aromatic N) is 3.